The van der Waals surface area contributed by atoms with E-state index in [1.165, 1.54) is 0 Å². The average molecular weight is 542 g/mol. The number of ether oxygens (including phenoxy) is 4. The highest BCUT2D eigenvalue weighted by molar-refractivity contribution is 5.78. The molecule has 0 aliphatic heterocycles. The molecule has 1 amide bonds. The second-order valence-electron chi connectivity index (χ2n) is 8.42. The van der Waals surface area contributed by atoms with E-state index < -0.39 is 35.3 Å². The summed E-state index contributed by atoms with van der Waals surface area (Å²) in [6, 6.07) is 9.12. The van der Waals surface area contributed by atoms with E-state index in [1.807, 2.05) is 30.3 Å². The van der Waals surface area contributed by atoms with Crippen molar-refractivity contribution in [3.63, 3.8) is 0 Å². The summed E-state index contributed by atoms with van der Waals surface area (Å²) in [7, 11) is 0. The lowest BCUT2D eigenvalue weighted by Crippen LogP contribution is -2.58. The number of hydrogen-bond acceptors (Lipinski definition) is 9. The van der Waals surface area contributed by atoms with E-state index in [2.05, 4.69) is 5.32 Å². The molecule has 1 rings (SSSR count). The Bertz CT molecular complexity index is 835. The van der Waals surface area contributed by atoms with Crippen molar-refractivity contribution in [2.45, 2.75) is 50.7 Å². The zero-order chi connectivity index (χ0) is 28.2. The monoisotopic (exact) mass is 541 g/mol. The summed E-state index contributed by atoms with van der Waals surface area (Å²) in [5, 5.41) is 29.2. The van der Waals surface area contributed by atoms with Gasteiger partial charge in [-0.05, 0) is 12.0 Å². The highest BCUT2D eigenvalue weighted by Gasteiger charge is 2.34. The lowest BCUT2D eigenvalue weighted by atomic mass is 10.0. The van der Waals surface area contributed by atoms with Gasteiger partial charge in [-0.2, -0.15) is 0 Å². The highest BCUT2D eigenvalue weighted by Crippen LogP contribution is 2.12. The van der Waals surface area contributed by atoms with Crippen LogP contribution in [-0.4, -0.2) is 90.3 Å². The van der Waals surface area contributed by atoms with Crippen LogP contribution in [0.2, 0.25) is 0 Å². The van der Waals surface area contributed by atoms with Crippen molar-refractivity contribution in [1.82, 2.24) is 5.32 Å². The van der Waals surface area contributed by atoms with Crippen molar-refractivity contribution >= 4 is 29.8 Å². The fraction of sp³-hybridized carbons (Fsp3) is 0.560. The molecule has 0 fully saturated rings. The number of carbonyl (C=O) groups excluding carboxylic acids is 2. The smallest absolute Gasteiger partial charge is 0.306 e. The number of rotatable bonds is 22. The van der Waals surface area contributed by atoms with E-state index >= 15 is 0 Å². The number of benzene rings is 1. The number of amides is 1. The van der Waals surface area contributed by atoms with Crippen LogP contribution in [0.4, 0.5) is 0 Å². The maximum Gasteiger partial charge on any atom is 0.306 e. The van der Waals surface area contributed by atoms with Gasteiger partial charge in [0.25, 0.3) is 0 Å². The number of carboxylic acids is 3. The molecule has 0 aliphatic carbocycles. The molecule has 0 saturated carbocycles. The number of carboxylic acid groups (broad SMARTS) is 3. The van der Waals surface area contributed by atoms with Crippen LogP contribution in [0, 0.1) is 0 Å². The predicted molar refractivity (Wildman–Crippen MR) is 130 cm³/mol. The molecule has 212 valence electrons. The molecule has 1 aromatic rings. The topological polar surface area (TPSA) is 195 Å². The quantitative estimate of drug-likeness (QED) is 0.121. The maximum absolute atomic E-state index is 12.7. The Morgan fingerprint density at radius 3 is 1.61 bits per heavy atom. The SMILES string of the molecule is O=C(O)CCOCC(COCCC(=O)O)(COCCC(=O)O)NC(=O)CCCC(=O)OCc1ccccc1. The molecular formula is C25H35NO12. The Morgan fingerprint density at radius 1 is 0.684 bits per heavy atom. The van der Waals surface area contributed by atoms with Gasteiger partial charge in [0.2, 0.25) is 5.91 Å². The Labute approximate surface area is 220 Å². The summed E-state index contributed by atoms with van der Waals surface area (Å²) in [5.41, 5.74) is -0.530. The third kappa shape index (κ3) is 16.2. The molecule has 0 aromatic heterocycles. The van der Waals surface area contributed by atoms with E-state index in [1.54, 1.807) is 0 Å². The molecule has 0 unspecified atom stereocenters. The third-order valence-electron chi connectivity index (χ3n) is 4.95. The number of carbonyl (C=O) groups is 5. The summed E-state index contributed by atoms with van der Waals surface area (Å²) < 4.78 is 21.5. The summed E-state index contributed by atoms with van der Waals surface area (Å²) >= 11 is 0. The van der Waals surface area contributed by atoms with Gasteiger partial charge in [0.1, 0.15) is 12.1 Å². The molecule has 0 aliphatic rings. The van der Waals surface area contributed by atoms with Crippen LogP contribution < -0.4 is 5.32 Å². The first-order chi connectivity index (χ1) is 18.1. The molecule has 0 atom stereocenters. The minimum atomic E-state index is -1.36. The first-order valence-electron chi connectivity index (χ1n) is 12.0. The van der Waals surface area contributed by atoms with Gasteiger partial charge in [0.05, 0.1) is 58.9 Å². The first kappa shape index (κ1) is 32.5. The van der Waals surface area contributed by atoms with E-state index in [-0.39, 0.29) is 84.8 Å². The van der Waals surface area contributed by atoms with Crippen LogP contribution >= 0.6 is 0 Å². The highest BCUT2D eigenvalue weighted by atomic mass is 16.5. The van der Waals surface area contributed by atoms with Gasteiger partial charge < -0.3 is 39.6 Å². The molecule has 4 N–H and O–H groups in total. The van der Waals surface area contributed by atoms with Gasteiger partial charge >= 0.3 is 23.9 Å². The van der Waals surface area contributed by atoms with Gasteiger partial charge in [0, 0.05) is 12.8 Å². The van der Waals surface area contributed by atoms with Gasteiger partial charge in [-0.25, -0.2) is 0 Å². The summed E-state index contributed by atoms with van der Waals surface area (Å²) in [5.74, 6) is -4.23. The molecular weight excluding hydrogens is 506 g/mol. The summed E-state index contributed by atoms with van der Waals surface area (Å²) in [6.45, 7) is -1.15. The number of esters is 1. The van der Waals surface area contributed by atoms with Crippen LogP contribution in [0.15, 0.2) is 30.3 Å². The van der Waals surface area contributed by atoms with Crippen molar-refractivity contribution < 1.29 is 58.2 Å². The van der Waals surface area contributed by atoms with Gasteiger partial charge in [-0.15, -0.1) is 0 Å². The minimum absolute atomic E-state index is 0.00735. The van der Waals surface area contributed by atoms with Crippen molar-refractivity contribution in [3.8, 4) is 0 Å². The van der Waals surface area contributed by atoms with Gasteiger partial charge in [-0.3, -0.25) is 24.0 Å². The Kier molecular flexibility index (Phi) is 15.9. The fourth-order valence-electron chi connectivity index (χ4n) is 3.08. The van der Waals surface area contributed by atoms with E-state index in [0.29, 0.717) is 0 Å². The molecule has 0 saturated heterocycles. The Morgan fingerprint density at radius 2 is 1.16 bits per heavy atom. The molecule has 0 bridgehead atoms. The lowest BCUT2D eigenvalue weighted by Gasteiger charge is -2.34. The lowest BCUT2D eigenvalue weighted by molar-refractivity contribution is -0.145. The maximum atomic E-state index is 12.7. The minimum Gasteiger partial charge on any atom is -0.481 e. The molecule has 13 nitrogen and oxygen atoms in total. The van der Waals surface area contributed by atoms with E-state index in [9.17, 15) is 24.0 Å². The van der Waals surface area contributed by atoms with Crippen LogP contribution in [0.1, 0.15) is 44.1 Å². The normalized spacial score (nSPS) is 11.1. The predicted octanol–water partition coefficient (Wildman–Crippen LogP) is 1.23. The molecule has 1 aromatic carbocycles. The Balaban J connectivity index is 2.72. The van der Waals surface area contributed by atoms with Crippen LogP contribution in [-0.2, 0) is 49.5 Å². The second kappa shape index (κ2) is 18.7. The molecule has 0 heterocycles. The first-order valence-corrected chi connectivity index (χ1v) is 12.0. The van der Waals surface area contributed by atoms with E-state index in [4.69, 9.17) is 34.3 Å². The van der Waals surface area contributed by atoms with Gasteiger partial charge in [-0.1, -0.05) is 30.3 Å². The molecule has 38 heavy (non-hydrogen) atoms. The largest absolute Gasteiger partial charge is 0.481 e. The van der Waals surface area contributed by atoms with Crippen LogP contribution in [0.25, 0.3) is 0 Å². The van der Waals surface area contributed by atoms with Crippen molar-refractivity contribution in [3.05, 3.63) is 35.9 Å². The third-order valence-corrected chi connectivity index (χ3v) is 4.95. The fourth-order valence-corrected chi connectivity index (χ4v) is 3.08. The van der Waals surface area contributed by atoms with Crippen LogP contribution in [0.5, 0.6) is 0 Å². The standard InChI is InChI=1S/C25H35NO12/c27-20(7-4-8-24(34)38-15-19-5-2-1-3-6-19)26-25(16-35-12-9-21(28)29,17-36-13-10-22(30)31)18-37-14-11-23(32)33/h1-3,5-6H,4,7-18H2,(H,26,27)(H,28,29)(H,30,31)(H,32,33). The molecule has 0 spiro atoms. The Hall–Kier alpha value is -3.55. The number of hydrogen-bond donors (Lipinski definition) is 4. The zero-order valence-corrected chi connectivity index (χ0v) is 21.1. The van der Waals surface area contributed by atoms with Crippen molar-refractivity contribution in [1.29, 1.82) is 0 Å². The number of nitrogens with one attached hydrogen (secondary N) is 1. The summed E-state index contributed by atoms with van der Waals surface area (Å²) in [6.07, 6.45) is -0.790. The zero-order valence-electron chi connectivity index (χ0n) is 21.1. The van der Waals surface area contributed by atoms with Crippen molar-refractivity contribution in [2.24, 2.45) is 0 Å². The van der Waals surface area contributed by atoms with Crippen LogP contribution in [0.3, 0.4) is 0 Å². The number of aliphatic carboxylic acids is 3. The van der Waals surface area contributed by atoms with Gasteiger partial charge in [0.15, 0.2) is 0 Å². The molecule has 0 radical (unpaired) electrons. The van der Waals surface area contributed by atoms with Crippen molar-refractivity contribution in [2.75, 3.05) is 39.6 Å². The molecule has 13 heteroatoms. The summed E-state index contributed by atoms with van der Waals surface area (Å²) in [4.78, 5) is 57.2. The van der Waals surface area contributed by atoms with E-state index in [0.717, 1.165) is 5.56 Å². The second-order valence-corrected chi connectivity index (χ2v) is 8.42. The average Bonchev–Trinajstić information content (AvgIpc) is 2.86.